The Labute approximate surface area is 110 Å². The van der Waals surface area contributed by atoms with Crippen LogP contribution in [0.25, 0.3) is 0 Å². The fourth-order valence-corrected chi connectivity index (χ4v) is 2.16. The third-order valence-corrected chi connectivity index (χ3v) is 3.54. The molecule has 0 atom stereocenters. The number of carbonyl (C=O) groups excluding carboxylic acids is 1. The first-order chi connectivity index (χ1) is 7.68. The minimum Gasteiger partial charge on any atom is -0.368 e. The molecule has 1 saturated heterocycles. The van der Waals surface area contributed by atoms with Gasteiger partial charge in [0.2, 0.25) is 0 Å². The average Bonchev–Trinajstić information content (AvgIpc) is 2.36. The largest absolute Gasteiger partial charge is 0.368 e. The van der Waals surface area contributed by atoms with Crippen LogP contribution in [0.15, 0.2) is 0 Å². The van der Waals surface area contributed by atoms with Crippen molar-refractivity contribution in [1.82, 2.24) is 10.6 Å². The van der Waals surface area contributed by atoms with Crippen molar-refractivity contribution in [1.29, 1.82) is 0 Å². The molecule has 2 N–H and O–H groups in total. The molecule has 5 heteroatoms. The summed E-state index contributed by atoms with van der Waals surface area (Å²) in [5.74, 6) is 0.0604. The zero-order chi connectivity index (χ0) is 12.0. The fourth-order valence-electron chi connectivity index (χ4n) is 2.16. The Hall–Kier alpha value is -0.320. The molecule has 1 aliphatic heterocycles. The average molecular weight is 265 g/mol. The van der Waals surface area contributed by atoms with Crippen LogP contribution in [0.4, 0.5) is 0 Å². The van der Waals surface area contributed by atoms with Gasteiger partial charge in [-0.3, -0.25) is 4.79 Å². The maximum absolute atomic E-state index is 12.2. The number of rotatable bonds is 5. The van der Waals surface area contributed by atoms with E-state index in [1.165, 1.54) is 0 Å². The van der Waals surface area contributed by atoms with Crippen molar-refractivity contribution < 1.29 is 9.53 Å². The topological polar surface area (TPSA) is 50.4 Å². The van der Waals surface area contributed by atoms with Gasteiger partial charge >= 0.3 is 0 Å². The van der Waals surface area contributed by atoms with E-state index < -0.39 is 5.60 Å². The first-order valence-corrected chi connectivity index (χ1v) is 6.25. The van der Waals surface area contributed by atoms with E-state index in [0.717, 1.165) is 38.8 Å². The second-order valence-corrected chi connectivity index (χ2v) is 4.44. The highest BCUT2D eigenvalue weighted by molar-refractivity contribution is 5.85. The molecule has 1 heterocycles. The van der Waals surface area contributed by atoms with Crippen molar-refractivity contribution in [3.05, 3.63) is 0 Å². The quantitative estimate of drug-likeness (QED) is 0.791. The number of amides is 1. The van der Waals surface area contributed by atoms with E-state index in [4.69, 9.17) is 4.74 Å². The standard InChI is InChI=1S/C12H24N2O2.ClH/c1-4-10(5-2)14-11(15)12(16-3)6-8-13-9-7-12;/h10,13H,4-9H2,1-3H3,(H,14,15);1H. The van der Waals surface area contributed by atoms with Crippen LogP contribution in [0, 0.1) is 0 Å². The van der Waals surface area contributed by atoms with Crippen LogP contribution in [-0.4, -0.2) is 37.7 Å². The molecule has 1 rings (SSSR count). The number of piperidine rings is 1. The second-order valence-electron chi connectivity index (χ2n) is 4.44. The minimum atomic E-state index is -0.603. The number of halogens is 1. The molecule has 17 heavy (non-hydrogen) atoms. The van der Waals surface area contributed by atoms with Crippen LogP contribution >= 0.6 is 12.4 Å². The molecule has 0 radical (unpaired) electrons. The molecular formula is C12H25ClN2O2. The molecule has 0 unspecified atom stereocenters. The predicted molar refractivity (Wildman–Crippen MR) is 71.6 cm³/mol. The van der Waals surface area contributed by atoms with Crippen molar-refractivity contribution in [2.24, 2.45) is 0 Å². The smallest absolute Gasteiger partial charge is 0.252 e. The lowest BCUT2D eigenvalue weighted by Gasteiger charge is -2.35. The van der Waals surface area contributed by atoms with Crippen LogP contribution in [0.1, 0.15) is 39.5 Å². The lowest BCUT2D eigenvalue weighted by atomic mass is 9.90. The Morgan fingerprint density at radius 2 is 1.88 bits per heavy atom. The van der Waals surface area contributed by atoms with E-state index in [9.17, 15) is 4.79 Å². The van der Waals surface area contributed by atoms with Gasteiger partial charge in [-0.2, -0.15) is 0 Å². The van der Waals surface area contributed by atoms with E-state index in [1.807, 2.05) is 0 Å². The molecule has 102 valence electrons. The molecule has 4 nitrogen and oxygen atoms in total. The maximum atomic E-state index is 12.2. The number of hydrogen-bond acceptors (Lipinski definition) is 3. The first-order valence-electron chi connectivity index (χ1n) is 6.25. The zero-order valence-corrected chi connectivity index (χ0v) is 11.9. The predicted octanol–water partition coefficient (Wildman–Crippen LogP) is 1.48. The minimum absolute atomic E-state index is 0. The molecule has 1 aliphatic rings. The van der Waals surface area contributed by atoms with Crippen molar-refractivity contribution in [2.75, 3.05) is 20.2 Å². The lowest BCUT2D eigenvalue weighted by Crippen LogP contribution is -2.55. The Kier molecular flexibility index (Phi) is 7.75. The third-order valence-electron chi connectivity index (χ3n) is 3.54. The summed E-state index contributed by atoms with van der Waals surface area (Å²) in [6.45, 7) is 5.89. The van der Waals surface area contributed by atoms with Gasteiger partial charge in [0.15, 0.2) is 0 Å². The Balaban J connectivity index is 0.00000256. The third kappa shape index (κ3) is 4.12. The molecule has 0 bridgehead atoms. The van der Waals surface area contributed by atoms with Gasteiger partial charge in [0, 0.05) is 13.2 Å². The number of methoxy groups -OCH3 is 1. The van der Waals surface area contributed by atoms with E-state index in [-0.39, 0.29) is 24.4 Å². The SMILES string of the molecule is CCC(CC)NC(=O)C1(OC)CCNCC1.Cl. The van der Waals surface area contributed by atoms with Gasteiger partial charge in [0.25, 0.3) is 5.91 Å². The van der Waals surface area contributed by atoms with Gasteiger partial charge in [-0.15, -0.1) is 12.4 Å². The number of carbonyl (C=O) groups is 1. The number of ether oxygens (including phenoxy) is 1. The highest BCUT2D eigenvalue weighted by Crippen LogP contribution is 2.23. The molecule has 0 aliphatic carbocycles. The number of nitrogens with one attached hydrogen (secondary N) is 2. The Bertz CT molecular complexity index is 227. The van der Waals surface area contributed by atoms with Gasteiger partial charge < -0.3 is 15.4 Å². The van der Waals surface area contributed by atoms with Crippen LogP contribution in [0.2, 0.25) is 0 Å². The van der Waals surface area contributed by atoms with Crippen molar-refractivity contribution in [3.63, 3.8) is 0 Å². The summed E-state index contributed by atoms with van der Waals surface area (Å²) < 4.78 is 5.48. The normalized spacial score (nSPS) is 18.6. The van der Waals surface area contributed by atoms with E-state index >= 15 is 0 Å². The summed E-state index contributed by atoms with van der Waals surface area (Å²) >= 11 is 0. The molecule has 0 aromatic heterocycles. The van der Waals surface area contributed by atoms with Crippen LogP contribution in [-0.2, 0) is 9.53 Å². The summed E-state index contributed by atoms with van der Waals surface area (Å²) in [6.07, 6.45) is 3.46. The van der Waals surface area contributed by atoms with Gasteiger partial charge in [-0.05, 0) is 38.8 Å². The monoisotopic (exact) mass is 264 g/mol. The Morgan fingerprint density at radius 1 is 1.35 bits per heavy atom. The van der Waals surface area contributed by atoms with E-state index in [1.54, 1.807) is 7.11 Å². The van der Waals surface area contributed by atoms with Gasteiger partial charge in [-0.1, -0.05) is 13.8 Å². The molecule has 1 amide bonds. The van der Waals surface area contributed by atoms with Crippen molar-refractivity contribution in [3.8, 4) is 0 Å². The number of hydrogen-bond donors (Lipinski definition) is 2. The summed E-state index contributed by atoms with van der Waals surface area (Å²) in [7, 11) is 1.64. The van der Waals surface area contributed by atoms with Gasteiger partial charge in [0.05, 0.1) is 0 Å². The highest BCUT2D eigenvalue weighted by atomic mass is 35.5. The van der Waals surface area contributed by atoms with Crippen LogP contribution < -0.4 is 10.6 Å². The highest BCUT2D eigenvalue weighted by Gasteiger charge is 2.40. The van der Waals surface area contributed by atoms with Crippen LogP contribution in [0.3, 0.4) is 0 Å². The molecule has 0 aromatic carbocycles. The van der Waals surface area contributed by atoms with E-state index in [0.29, 0.717) is 0 Å². The fraction of sp³-hybridized carbons (Fsp3) is 0.917. The summed E-state index contributed by atoms with van der Waals surface area (Å²) in [5.41, 5.74) is -0.603. The summed E-state index contributed by atoms with van der Waals surface area (Å²) in [6, 6.07) is 0.273. The maximum Gasteiger partial charge on any atom is 0.252 e. The van der Waals surface area contributed by atoms with Gasteiger partial charge in [0.1, 0.15) is 5.60 Å². The van der Waals surface area contributed by atoms with Crippen LogP contribution in [0.5, 0.6) is 0 Å². The summed E-state index contributed by atoms with van der Waals surface area (Å²) in [4.78, 5) is 12.2. The van der Waals surface area contributed by atoms with E-state index in [2.05, 4.69) is 24.5 Å². The lowest BCUT2D eigenvalue weighted by molar-refractivity contribution is -0.147. The Morgan fingerprint density at radius 3 is 2.29 bits per heavy atom. The van der Waals surface area contributed by atoms with Gasteiger partial charge in [-0.25, -0.2) is 0 Å². The molecular weight excluding hydrogens is 240 g/mol. The summed E-state index contributed by atoms with van der Waals surface area (Å²) in [5, 5.41) is 6.34. The molecule has 0 aromatic rings. The molecule has 1 fully saturated rings. The van der Waals surface area contributed by atoms with Crippen molar-refractivity contribution >= 4 is 18.3 Å². The molecule has 0 spiro atoms. The van der Waals surface area contributed by atoms with Crippen molar-refractivity contribution in [2.45, 2.75) is 51.2 Å². The molecule has 0 saturated carbocycles. The second kappa shape index (κ2) is 7.90. The first kappa shape index (κ1) is 16.7. The zero-order valence-electron chi connectivity index (χ0n) is 11.0.